The van der Waals surface area contributed by atoms with E-state index in [1.54, 1.807) is 45.0 Å². The summed E-state index contributed by atoms with van der Waals surface area (Å²) < 4.78 is 26.5. The van der Waals surface area contributed by atoms with E-state index in [0.717, 1.165) is 6.07 Å². The molecule has 2 aromatic carbocycles. The Morgan fingerprint density at radius 3 is 2.35 bits per heavy atom. The van der Waals surface area contributed by atoms with Crippen LogP contribution in [0.15, 0.2) is 58.5 Å². The summed E-state index contributed by atoms with van der Waals surface area (Å²) in [5, 5.41) is 18.2. The van der Waals surface area contributed by atoms with Crippen molar-refractivity contribution < 1.29 is 18.1 Å². The quantitative estimate of drug-likeness (QED) is 0.325. The second kappa shape index (κ2) is 10.6. The van der Waals surface area contributed by atoms with Gasteiger partial charge in [0.15, 0.2) is 0 Å². The molecule has 2 rings (SSSR count). The maximum Gasteiger partial charge on any atom is 0.295 e. The summed E-state index contributed by atoms with van der Waals surface area (Å²) in [5.74, 6) is -0.288. The molecule has 0 saturated heterocycles. The van der Waals surface area contributed by atoms with Gasteiger partial charge in [0, 0.05) is 30.6 Å². The Kier molecular flexibility index (Phi) is 8.22. The molecular weight excluding hydrogens is 422 g/mol. The number of para-hydroxylation sites is 1. The predicted molar refractivity (Wildman–Crippen MR) is 120 cm³/mol. The van der Waals surface area contributed by atoms with Gasteiger partial charge in [0.25, 0.3) is 5.69 Å². The third-order valence-electron chi connectivity index (χ3n) is 4.35. The SMILES string of the molecule is CCN(CC)S(=O)(=O)c1ccc(NN=C(C)CC(=O)Nc2ccccc2)c([N+](=O)[O-])c1. The Morgan fingerprint density at radius 1 is 1.13 bits per heavy atom. The van der Waals surface area contributed by atoms with Gasteiger partial charge in [-0.15, -0.1) is 0 Å². The van der Waals surface area contributed by atoms with Gasteiger partial charge in [-0.25, -0.2) is 8.42 Å². The van der Waals surface area contributed by atoms with E-state index in [4.69, 9.17) is 0 Å². The highest BCUT2D eigenvalue weighted by molar-refractivity contribution is 7.89. The minimum atomic E-state index is -3.84. The number of carbonyl (C=O) groups is 1. The highest BCUT2D eigenvalue weighted by Crippen LogP contribution is 2.29. The van der Waals surface area contributed by atoms with E-state index in [9.17, 15) is 23.3 Å². The number of nitro groups is 1. The van der Waals surface area contributed by atoms with Gasteiger partial charge in [-0.2, -0.15) is 9.41 Å². The van der Waals surface area contributed by atoms with Gasteiger partial charge in [-0.1, -0.05) is 32.0 Å². The van der Waals surface area contributed by atoms with Crippen LogP contribution in [-0.4, -0.2) is 42.4 Å². The number of carbonyl (C=O) groups excluding carboxylic acids is 1. The molecule has 2 N–H and O–H groups in total. The highest BCUT2D eigenvalue weighted by Gasteiger charge is 2.25. The first kappa shape index (κ1) is 24.0. The molecule has 0 aliphatic carbocycles. The Hall–Kier alpha value is -3.31. The van der Waals surface area contributed by atoms with Crippen molar-refractivity contribution in [3.8, 4) is 0 Å². The molecule has 0 unspecified atom stereocenters. The zero-order valence-electron chi connectivity index (χ0n) is 17.5. The zero-order valence-corrected chi connectivity index (χ0v) is 18.3. The number of anilines is 2. The lowest BCUT2D eigenvalue weighted by molar-refractivity contribution is -0.384. The number of hydrogen-bond acceptors (Lipinski definition) is 7. The second-order valence-electron chi connectivity index (χ2n) is 6.58. The summed E-state index contributed by atoms with van der Waals surface area (Å²) in [6.45, 7) is 5.48. The van der Waals surface area contributed by atoms with Crippen molar-refractivity contribution in [1.29, 1.82) is 0 Å². The molecule has 0 aliphatic heterocycles. The van der Waals surface area contributed by atoms with Crippen molar-refractivity contribution >= 4 is 38.7 Å². The van der Waals surface area contributed by atoms with Crippen LogP contribution >= 0.6 is 0 Å². The Morgan fingerprint density at radius 2 is 1.77 bits per heavy atom. The number of amides is 1. The molecule has 0 aromatic heterocycles. The van der Waals surface area contributed by atoms with Crippen molar-refractivity contribution in [1.82, 2.24) is 4.31 Å². The number of rotatable bonds is 10. The van der Waals surface area contributed by atoms with Gasteiger partial charge < -0.3 is 5.32 Å². The van der Waals surface area contributed by atoms with E-state index in [0.29, 0.717) is 11.4 Å². The van der Waals surface area contributed by atoms with Crippen LogP contribution in [0.4, 0.5) is 17.1 Å². The van der Waals surface area contributed by atoms with E-state index in [1.165, 1.54) is 16.4 Å². The summed E-state index contributed by atoms with van der Waals surface area (Å²) in [7, 11) is -3.84. The second-order valence-corrected chi connectivity index (χ2v) is 8.51. The van der Waals surface area contributed by atoms with Crippen LogP contribution in [0.2, 0.25) is 0 Å². The molecule has 0 radical (unpaired) electrons. The number of nitro benzene ring substituents is 1. The lowest BCUT2D eigenvalue weighted by Crippen LogP contribution is -2.30. The largest absolute Gasteiger partial charge is 0.326 e. The standard InChI is InChI=1S/C20H25N5O5S/c1-4-24(5-2)31(29,30)17-11-12-18(19(14-17)25(27)28)23-22-15(3)13-20(26)21-16-9-7-6-8-10-16/h6-12,14,23H,4-5,13H2,1-3H3,(H,21,26). The number of nitrogens with zero attached hydrogens (tertiary/aromatic N) is 3. The molecule has 0 saturated carbocycles. The summed E-state index contributed by atoms with van der Waals surface area (Å²) >= 11 is 0. The molecule has 0 spiro atoms. The number of hydrogen-bond donors (Lipinski definition) is 2. The third-order valence-corrected chi connectivity index (χ3v) is 6.40. The maximum absolute atomic E-state index is 12.6. The van der Waals surface area contributed by atoms with Crippen LogP contribution in [0.25, 0.3) is 0 Å². The first-order valence-electron chi connectivity index (χ1n) is 9.61. The minimum absolute atomic E-state index is 0.0197. The topological polar surface area (TPSA) is 134 Å². The van der Waals surface area contributed by atoms with Gasteiger partial charge in [-0.3, -0.25) is 20.3 Å². The molecule has 0 atom stereocenters. The molecule has 166 valence electrons. The number of nitrogens with one attached hydrogen (secondary N) is 2. The lowest BCUT2D eigenvalue weighted by Gasteiger charge is -2.18. The van der Waals surface area contributed by atoms with Crippen LogP contribution < -0.4 is 10.7 Å². The Balaban J connectivity index is 2.17. The van der Waals surface area contributed by atoms with E-state index < -0.39 is 20.6 Å². The Bertz CT molecular complexity index is 1070. The zero-order chi connectivity index (χ0) is 23.0. The average molecular weight is 448 g/mol. The molecule has 10 nitrogen and oxygen atoms in total. The first-order valence-corrected chi connectivity index (χ1v) is 11.1. The molecule has 31 heavy (non-hydrogen) atoms. The monoisotopic (exact) mass is 447 g/mol. The van der Waals surface area contributed by atoms with Gasteiger partial charge in [-0.05, 0) is 31.2 Å². The molecule has 2 aromatic rings. The van der Waals surface area contributed by atoms with Crippen molar-refractivity contribution in [3.63, 3.8) is 0 Å². The smallest absolute Gasteiger partial charge is 0.295 e. The van der Waals surface area contributed by atoms with Crippen LogP contribution in [-0.2, 0) is 14.8 Å². The fraction of sp³-hybridized carbons (Fsp3) is 0.300. The van der Waals surface area contributed by atoms with Crippen LogP contribution in [0.1, 0.15) is 27.2 Å². The molecule has 0 fully saturated rings. The maximum atomic E-state index is 12.6. The van der Waals surface area contributed by atoms with E-state index in [-0.39, 0.29) is 36.0 Å². The van der Waals surface area contributed by atoms with Gasteiger partial charge in [0.05, 0.1) is 16.2 Å². The minimum Gasteiger partial charge on any atom is -0.326 e. The molecule has 0 aliphatic rings. The Labute approximate surface area is 181 Å². The van der Waals surface area contributed by atoms with Crippen molar-refractivity contribution in [3.05, 3.63) is 58.6 Å². The van der Waals surface area contributed by atoms with Gasteiger partial charge in [0.1, 0.15) is 5.69 Å². The molecule has 0 heterocycles. The predicted octanol–water partition coefficient (Wildman–Crippen LogP) is 3.44. The van der Waals surface area contributed by atoms with E-state index >= 15 is 0 Å². The van der Waals surface area contributed by atoms with Crippen LogP contribution in [0.3, 0.4) is 0 Å². The molecular formula is C20H25N5O5S. The fourth-order valence-electron chi connectivity index (χ4n) is 2.78. The van der Waals surface area contributed by atoms with E-state index in [2.05, 4.69) is 15.8 Å². The first-order chi connectivity index (χ1) is 14.7. The van der Waals surface area contributed by atoms with E-state index in [1.807, 2.05) is 6.07 Å². The third kappa shape index (κ3) is 6.33. The summed E-state index contributed by atoms with van der Waals surface area (Å²) in [5.41, 5.74) is 3.18. The lowest BCUT2D eigenvalue weighted by atomic mass is 10.2. The van der Waals surface area contributed by atoms with Crippen molar-refractivity contribution in [2.45, 2.75) is 32.1 Å². The van der Waals surface area contributed by atoms with Crippen LogP contribution in [0, 0.1) is 10.1 Å². The van der Waals surface area contributed by atoms with Gasteiger partial charge >= 0.3 is 0 Å². The summed E-state index contributed by atoms with van der Waals surface area (Å²) in [6, 6.07) is 12.5. The summed E-state index contributed by atoms with van der Waals surface area (Å²) in [4.78, 5) is 22.7. The average Bonchev–Trinajstić information content (AvgIpc) is 2.73. The molecule has 0 bridgehead atoms. The van der Waals surface area contributed by atoms with Crippen molar-refractivity contribution in [2.24, 2.45) is 5.10 Å². The normalized spacial score (nSPS) is 11.9. The number of benzene rings is 2. The van der Waals surface area contributed by atoms with Gasteiger partial charge in [0.2, 0.25) is 15.9 Å². The highest BCUT2D eigenvalue weighted by atomic mass is 32.2. The summed E-state index contributed by atoms with van der Waals surface area (Å²) in [6.07, 6.45) is -0.0237. The number of hydrazone groups is 1. The fourth-order valence-corrected chi connectivity index (χ4v) is 4.26. The number of sulfonamides is 1. The molecule has 1 amide bonds. The van der Waals surface area contributed by atoms with Crippen molar-refractivity contribution in [2.75, 3.05) is 23.8 Å². The molecule has 11 heteroatoms. The van der Waals surface area contributed by atoms with Crippen LogP contribution in [0.5, 0.6) is 0 Å².